The molecule has 0 aromatic heterocycles. The van der Waals surface area contributed by atoms with Gasteiger partial charge in [0.1, 0.15) is 5.38 Å². The molecule has 1 aromatic carbocycles. The Hall–Kier alpha value is -1.22. The van der Waals surface area contributed by atoms with Crippen molar-refractivity contribution in [3.63, 3.8) is 0 Å². The van der Waals surface area contributed by atoms with Gasteiger partial charge in [-0.1, -0.05) is 30.3 Å². The fraction of sp³-hybridized carbons (Fsp3) is 0.222. The highest BCUT2D eigenvalue weighted by Crippen LogP contribution is 2.21. The van der Waals surface area contributed by atoms with Crippen LogP contribution in [-0.4, -0.2) is 13.0 Å². The Kier molecular flexibility index (Phi) is 3.58. The molecule has 13 heavy (non-hydrogen) atoms. The maximum atomic E-state index is 6.04. The normalized spacial score (nSPS) is 13.8. The molecule has 0 saturated heterocycles. The molecular weight excluding hydrogens is 188 g/mol. The molecule has 0 fully saturated rings. The summed E-state index contributed by atoms with van der Waals surface area (Å²) in [6.07, 6.45) is 0. The van der Waals surface area contributed by atoms with Crippen molar-refractivity contribution < 1.29 is 4.74 Å². The van der Waals surface area contributed by atoms with Crippen molar-refractivity contribution in [3.05, 3.63) is 35.9 Å². The molecule has 0 radical (unpaired) electrons. The number of rotatable bonds is 2. The molecule has 1 aromatic rings. The molecule has 1 rings (SSSR count). The Labute approximate surface area is 82.1 Å². The van der Waals surface area contributed by atoms with E-state index < -0.39 is 5.38 Å². The zero-order valence-corrected chi connectivity index (χ0v) is 8.03. The van der Waals surface area contributed by atoms with Crippen molar-refractivity contribution in [2.24, 2.45) is 10.9 Å². The van der Waals surface area contributed by atoms with Crippen LogP contribution in [-0.2, 0) is 4.74 Å². The topological polar surface area (TPSA) is 47.6 Å². The van der Waals surface area contributed by atoms with E-state index in [1.165, 1.54) is 7.11 Å². The lowest BCUT2D eigenvalue weighted by molar-refractivity contribution is 0.390. The summed E-state index contributed by atoms with van der Waals surface area (Å²) >= 11 is 6.04. The van der Waals surface area contributed by atoms with Crippen molar-refractivity contribution in [2.45, 2.75) is 5.38 Å². The fourth-order valence-corrected chi connectivity index (χ4v) is 1.28. The highest BCUT2D eigenvalue weighted by molar-refractivity contribution is 6.30. The molecule has 3 nitrogen and oxygen atoms in total. The summed E-state index contributed by atoms with van der Waals surface area (Å²) in [4.78, 5) is 0. The second-order valence-electron chi connectivity index (χ2n) is 2.44. The van der Waals surface area contributed by atoms with Gasteiger partial charge in [-0.25, -0.2) is 0 Å². The van der Waals surface area contributed by atoms with Gasteiger partial charge in [0.2, 0.25) is 5.90 Å². The largest absolute Gasteiger partial charge is 0.482 e. The number of benzene rings is 1. The number of hydrazone groups is 1. The van der Waals surface area contributed by atoms with Gasteiger partial charge < -0.3 is 10.6 Å². The van der Waals surface area contributed by atoms with Crippen molar-refractivity contribution >= 4 is 17.5 Å². The van der Waals surface area contributed by atoms with Gasteiger partial charge in [-0.2, -0.15) is 0 Å². The highest BCUT2D eigenvalue weighted by Gasteiger charge is 2.14. The smallest absolute Gasteiger partial charge is 0.228 e. The predicted molar refractivity (Wildman–Crippen MR) is 53.7 cm³/mol. The van der Waals surface area contributed by atoms with Crippen LogP contribution in [0.5, 0.6) is 0 Å². The van der Waals surface area contributed by atoms with Gasteiger partial charge in [-0.15, -0.1) is 16.7 Å². The lowest BCUT2D eigenvalue weighted by Gasteiger charge is -2.10. The Morgan fingerprint density at radius 2 is 2.08 bits per heavy atom. The monoisotopic (exact) mass is 198 g/mol. The van der Waals surface area contributed by atoms with Crippen LogP contribution in [0.25, 0.3) is 0 Å². The number of nitrogens with two attached hydrogens (primary N) is 1. The van der Waals surface area contributed by atoms with E-state index in [2.05, 4.69) is 5.10 Å². The highest BCUT2D eigenvalue weighted by atomic mass is 35.5. The Morgan fingerprint density at radius 3 is 2.54 bits per heavy atom. The van der Waals surface area contributed by atoms with E-state index in [-0.39, 0.29) is 0 Å². The number of hydrogen-bond donors (Lipinski definition) is 1. The first kappa shape index (κ1) is 9.86. The van der Waals surface area contributed by atoms with E-state index in [1.807, 2.05) is 30.3 Å². The van der Waals surface area contributed by atoms with Crippen LogP contribution in [0.2, 0.25) is 0 Å². The summed E-state index contributed by atoms with van der Waals surface area (Å²) in [5.41, 5.74) is 0.912. The number of hydrogen-bond acceptors (Lipinski definition) is 3. The van der Waals surface area contributed by atoms with Crippen molar-refractivity contribution in [2.75, 3.05) is 7.11 Å². The molecule has 0 amide bonds. The standard InChI is InChI=1S/C9H11ClN2O/c1-13-9(12-11)8(10)7-5-3-2-4-6-7/h2-6,8H,11H2,1H3/b12-9-. The lowest BCUT2D eigenvalue weighted by atomic mass is 10.1. The van der Waals surface area contributed by atoms with E-state index in [4.69, 9.17) is 22.2 Å². The summed E-state index contributed by atoms with van der Waals surface area (Å²) in [7, 11) is 1.49. The van der Waals surface area contributed by atoms with Gasteiger partial charge in [-0.05, 0) is 5.56 Å². The van der Waals surface area contributed by atoms with Gasteiger partial charge in [0.05, 0.1) is 7.11 Å². The van der Waals surface area contributed by atoms with Crippen LogP contribution in [0.3, 0.4) is 0 Å². The average molecular weight is 199 g/mol. The molecular formula is C9H11ClN2O. The van der Waals surface area contributed by atoms with Gasteiger partial charge in [0.15, 0.2) is 0 Å². The number of halogens is 1. The van der Waals surface area contributed by atoms with E-state index in [1.54, 1.807) is 0 Å². The van der Waals surface area contributed by atoms with Crippen molar-refractivity contribution in [1.29, 1.82) is 0 Å². The summed E-state index contributed by atoms with van der Waals surface area (Å²) < 4.78 is 4.91. The van der Waals surface area contributed by atoms with Crippen LogP contribution in [0.15, 0.2) is 35.4 Å². The molecule has 70 valence electrons. The maximum absolute atomic E-state index is 6.04. The average Bonchev–Trinajstić information content (AvgIpc) is 2.21. The summed E-state index contributed by atoms with van der Waals surface area (Å²) in [6.45, 7) is 0. The molecule has 0 bridgehead atoms. The zero-order valence-electron chi connectivity index (χ0n) is 7.27. The molecule has 0 saturated carbocycles. The SMILES string of the molecule is CO/C(=N\N)C(Cl)c1ccccc1. The molecule has 1 unspecified atom stereocenters. The number of nitrogens with zero attached hydrogens (tertiary/aromatic N) is 1. The minimum atomic E-state index is -0.420. The minimum absolute atomic E-state index is 0.313. The summed E-state index contributed by atoms with van der Waals surface area (Å²) in [5, 5.41) is 3.03. The zero-order chi connectivity index (χ0) is 9.68. The molecule has 0 aliphatic rings. The van der Waals surface area contributed by atoms with Crippen LogP contribution < -0.4 is 5.84 Å². The fourth-order valence-electron chi connectivity index (χ4n) is 0.986. The number of ether oxygens (including phenoxy) is 1. The van der Waals surface area contributed by atoms with Crippen LogP contribution in [0.4, 0.5) is 0 Å². The Balaban J connectivity index is 2.85. The first-order valence-electron chi connectivity index (χ1n) is 3.80. The van der Waals surface area contributed by atoms with Gasteiger partial charge in [0.25, 0.3) is 0 Å². The van der Waals surface area contributed by atoms with E-state index in [0.717, 1.165) is 5.56 Å². The number of methoxy groups -OCH3 is 1. The lowest BCUT2D eigenvalue weighted by Crippen LogP contribution is -2.11. The van der Waals surface area contributed by atoms with Gasteiger partial charge >= 0.3 is 0 Å². The Morgan fingerprint density at radius 1 is 1.46 bits per heavy atom. The third-order valence-electron chi connectivity index (χ3n) is 1.65. The van der Waals surface area contributed by atoms with Crippen molar-refractivity contribution in [1.82, 2.24) is 0 Å². The summed E-state index contributed by atoms with van der Waals surface area (Å²) in [6, 6.07) is 9.49. The van der Waals surface area contributed by atoms with Gasteiger partial charge in [-0.3, -0.25) is 0 Å². The quantitative estimate of drug-likeness (QED) is 0.259. The third-order valence-corrected chi connectivity index (χ3v) is 2.08. The summed E-state index contributed by atoms with van der Waals surface area (Å²) in [5.74, 6) is 5.41. The molecule has 0 spiro atoms. The van der Waals surface area contributed by atoms with Crippen LogP contribution in [0, 0.1) is 0 Å². The van der Waals surface area contributed by atoms with Crippen molar-refractivity contribution in [3.8, 4) is 0 Å². The maximum Gasteiger partial charge on any atom is 0.228 e. The second-order valence-corrected chi connectivity index (χ2v) is 2.88. The minimum Gasteiger partial charge on any atom is -0.482 e. The van der Waals surface area contributed by atoms with Gasteiger partial charge in [0, 0.05) is 0 Å². The molecule has 2 N–H and O–H groups in total. The number of alkyl halides is 1. The molecule has 0 aliphatic carbocycles. The van der Waals surface area contributed by atoms with Crippen LogP contribution >= 0.6 is 11.6 Å². The molecule has 0 aliphatic heterocycles. The first-order valence-corrected chi connectivity index (χ1v) is 4.24. The predicted octanol–water partition coefficient (Wildman–Crippen LogP) is 1.89. The molecule has 1 atom stereocenters. The van der Waals surface area contributed by atoms with E-state index in [9.17, 15) is 0 Å². The Bertz CT molecular complexity index is 287. The second kappa shape index (κ2) is 4.72. The first-order chi connectivity index (χ1) is 6.29. The molecule has 4 heteroatoms. The molecule has 0 heterocycles. The van der Waals surface area contributed by atoms with Crippen LogP contribution in [0.1, 0.15) is 10.9 Å². The third kappa shape index (κ3) is 2.36. The van der Waals surface area contributed by atoms with E-state index in [0.29, 0.717) is 5.90 Å². The van der Waals surface area contributed by atoms with E-state index >= 15 is 0 Å².